The number of fused-ring (bicyclic) bond motifs is 1. The number of ether oxygens (including phenoxy) is 1. The van der Waals surface area contributed by atoms with Gasteiger partial charge in [0.15, 0.2) is 12.3 Å². The van der Waals surface area contributed by atoms with E-state index >= 15 is 0 Å². The summed E-state index contributed by atoms with van der Waals surface area (Å²) in [5, 5.41) is 5.42. The van der Waals surface area contributed by atoms with Crippen molar-refractivity contribution in [1.29, 1.82) is 0 Å². The van der Waals surface area contributed by atoms with Crippen LogP contribution < -0.4 is 4.74 Å². The van der Waals surface area contributed by atoms with E-state index in [4.69, 9.17) is 4.74 Å². The van der Waals surface area contributed by atoms with Crippen molar-refractivity contribution in [2.45, 2.75) is 26.7 Å². The summed E-state index contributed by atoms with van der Waals surface area (Å²) in [6, 6.07) is 8.02. The lowest BCUT2D eigenvalue weighted by molar-refractivity contribution is -0.132. The van der Waals surface area contributed by atoms with Crippen LogP contribution in [0.5, 0.6) is 5.88 Å². The van der Waals surface area contributed by atoms with Crippen molar-refractivity contribution in [2.24, 2.45) is 0 Å². The summed E-state index contributed by atoms with van der Waals surface area (Å²) in [5.74, 6) is 0.00103. The molecular weight excluding hydrogens is 347 g/mol. The lowest BCUT2D eigenvalue weighted by atomic mass is 10.2. The summed E-state index contributed by atoms with van der Waals surface area (Å²) in [7, 11) is 0. The maximum Gasteiger partial charge on any atom is 0.260 e. The molecule has 1 amide bonds. The third kappa shape index (κ3) is 3.37. The first-order valence-corrected chi connectivity index (χ1v) is 9.06. The van der Waals surface area contributed by atoms with Gasteiger partial charge in [0.05, 0.1) is 11.4 Å². The maximum absolute atomic E-state index is 13.6. The Kier molecular flexibility index (Phi) is 4.51. The molecular formula is C20H21FN4O2. The van der Waals surface area contributed by atoms with Gasteiger partial charge in [-0.15, -0.1) is 0 Å². The number of aryl methyl sites for hydroxylation is 2. The van der Waals surface area contributed by atoms with E-state index in [1.165, 1.54) is 12.1 Å². The number of carbonyl (C=O) groups is 1. The van der Waals surface area contributed by atoms with Gasteiger partial charge in [0.1, 0.15) is 5.82 Å². The highest BCUT2D eigenvalue weighted by Gasteiger charge is 2.19. The van der Waals surface area contributed by atoms with Crippen LogP contribution in [0.2, 0.25) is 0 Å². The van der Waals surface area contributed by atoms with Gasteiger partial charge >= 0.3 is 0 Å². The number of hydrogen-bond donors (Lipinski definition) is 0. The van der Waals surface area contributed by atoms with E-state index in [0.29, 0.717) is 17.2 Å². The number of hydrogen-bond acceptors (Lipinski definition) is 4. The van der Waals surface area contributed by atoms with E-state index in [0.717, 1.165) is 42.6 Å². The first-order chi connectivity index (χ1) is 13.0. The summed E-state index contributed by atoms with van der Waals surface area (Å²) in [6.45, 7) is 5.39. The predicted molar refractivity (Wildman–Crippen MR) is 99.6 cm³/mol. The fourth-order valence-electron chi connectivity index (χ4n) is 3.53. The smallest absolute Gasteiger partial charge is 0.260 e. The third-order valence-corrected chi connectivity index (χ3v) is 4.84. The van der Waals surface area contributed by atoms with Gasteiger partial charge < -0.3 is 9.64 Å². The van der Waals surface area contributed by atoms with Crippen molar-refractivity contribution in [3.05, 3.63) is 47.4 Å². The number of halogens is 1. The monoisotopic (exact) mass is 368 g/mol. The number of nitrogens with zero attached hydrogens (tertiary/aromatic N) is 4. The van der Waals surface area contributed by atoms with Crippen LogP contribution in [0, 0.1) is 19.7 Å². The molecule has 0 saturated carbocycles. The van der Waals surface area contributed by atoms with Crippen LogP contribution in [0.15, 0.2) is 30.3 Å². The molecule has 0 spiro atoms. The van der Waals surface area contributed by atoms with Gasteiger partial charge in [-0.3, -0.25) is 4.79 Å². The fourth-order valence-corrected chi connectivity index (χ4v) is 3.53. The van der Waals surface area contributed by atoms with E-state index in [1.807, 2.05) is 24.8 Å². The lowest BCUT2D eigenvalue weighted by Crippen LogP contribution is -2.32. The van der Waals surface area contributed by atoms with Crippen molar-refractivity contribution >= 4 is 16.9 Å². The number of amides is 1. The first kappa shape index (κ1) is 17.5. The zero-order chi connectivity index (χ0) is 19.0. The van der Waals surface area contributed by atoms with Crippen molar-refractivity contribution < 1.29 is 13.9 Å². The van der Waals surface area contributed by atoms with E-state index in [2.05, 4.69) is 10.1 Å². The SMILES string of the molecule is Cc1cc(OCC(=O)N2CCCC2)nc2c1c(C)nn2-c1cccc(F)c1. The van der Waals surface area contributed by atoms with Crippen LogP contribution in [-0.2, 0) is 4.79 Å². The molecule has 0 unspecified atom stereocenters. The third-order valence-electron chi connectivity index (χ3n) is 4.84. The van der Waals surface area contributed by atoms with Gasteiger partial charge in [-0.05, 0) is 50.5 Å². The van der Waals surface area contributed by atoms with Crippen LogP contribution in [-0.4, -0.2) is 45.3 Å². The normalized spacial score (nSPS) is 14.1. The minimum atomic E-state index is -0.339. The molecule has 27 heavy (non-hydrogen) atoms. The van der Waals surface area contributed by atoms with E-state index in [-0.39, 0.29) is 18.3 Å². The highest BCUT2D eigenvalue weighted by molar-refractivity contribution is 5.84. The number of carbonyl (C=O) groups excluding carboxylic acids is 1. The topological polar surface area (TPSA) is 60.2 Å². The summed E-state index contributed by atoms with van der Waals surface area (Å²) in [5.41, 5.74) is 2.93. The van der Waals surface area contributed by atoms with Gasteiger partial charge in [-0.2, -0.15) is 10.1 Å². The second-order valence-electron chi connectivity index (χ2n) is 6.83. The minimum Gasteiger partial charge on any atom is -0.467 e. The molecule has 0 aliphatic carbocycles. The molecule has 0 atom stereocenters. The molecule has 1 fully saturated rings. The Bertz CT molecular complexity index is 1010. The molecule has 0 radical (unpaired) electrons. The lowest BCUT2D eigenvalue weighted by Gasteiger charge is -2.15. The van der Waals surface area contributed by atoms with E-state index in [9.17, 15) is 9.18 Å². The first-order valence-electron chi connectivity index (χ1n) is 9.06. The van der Waals surface area contributed by atoms with Crippen LogP contribution in [0.25, 0.3) is 16.7 Å². The number of aromatic nitrogens is 3. The highest BCUT2D eigenvalue weighted by Crippen LogP contribution is 2.27. The molecule has 2 aromatic heterocycles. The van der Waals surface area contributed by atoms with Gasteiger partial charge in [0, 0.05) is 24.5 Å². The Labute approximate surface area is 156 Å². The quantitative estimate of drug-likeness (QED) is 0.710. The summed E-state index contributed by atoms with van der Waals surface area (Å²) < 4.78 is 20.9. The van der Waals surface area contributed by atoms with Gasteiger partial charge in [-0.25, -0.2) is 9.07 Å². The number of likely N-dealkylation sites (tertiary alicyclic amines) is 1. The molecule has 3 aromatic rings. The Morgan fingerprint density at radius 2 is 2.00 bits per heavy atom. The molecule has 7 heteroatoms. The Balaban J connectivity index is 1.67. The summed E-state index contributed by atoms with van der Waals surface area (Å²) in [6.07, 6.45) is 2.09. The van der Waals surface area contributed by atoms with Gasteiger partial charge in [0.2, 0.25) is 5.88 Å². The largest absolute Gasteiger partial charge is 0.467 e. The minimum absolute atomic E-state index is 0.0260. The highest BCUT2D eigenvalue weighted by atomic mass is 19.1. The fraction of sp³-hybridized carbons (Fsp3) is 0.350. The summed E-state index contributed by atoms with van der Waals surface area (Å²) in [4.78, 5) is 18.6. The Morgan fingerprint density at radius 3 is 2.74 bits per heavy atom. The second kappa shape index (κ2) is 6.98. The van der Waals surface area contributed by atoms with Gasteiger partial charge in [-0.1, -0.05) is 6.07 Å². The van der Waals surface area contributed by atoms with Crippen molar-refractivity contribution in [3.8, 4) is 11.6 Å². The van der Waals surface area contributed by atoms with E-state index < -0.39 is 0 Å². The predicted octanol–water partition coefficient (Wildman–Crippen LogP) is 3.18. The number of benzene rings is 1. The standard InChI is InChI=1S/C20H21FN4O2/c1-13-10-17(27-12-18(26)24-8-3-4-9-24)22-20-19(13)14(2)23-25(20)16-7-5-6-15(21)11-16/h5-7,10-11H,3-4,8-9,12H2,1-2H3. The molecule has 140 valence electrons. The van der Waals surface area contributed by atoms with Crippen LogP contribution in [0.1, 0.15) is 24.1 Å². The molecule has 6 nitrogen and oxygen atoms in total. The average Bonchev–Trinajstić information content (AvgIpc) is 3.28. The van der Waals surface area contributed by atoms with Crippen molar-refractivity contribution in [3.63, 3.8) is 0 Å². The van der Waals surface area contributed by atoms with Crippen LogP contribution in [0.4, 0.5) is 4.39 Å². The van der Waals surface area contributed by atoms with Crippen molar-refractivity contribution in [2.75, 3.05) is 19.7 Å². The molecule has 1 aliphatic heterocycles. The molecule has 0 bridgehead atoms. The summed E-state index contributed by atoms with van der Waals surface area (Å²) >= 11 is 0. The zero-order valence-corrected chi connectivity index (χ0v) is 15.4. The maximum atomic E-state index is 13.6. The average molecular weight is 368 g/mol. The molecule has 0 N–H and O–H groups in total. The van der Waals surface area contributed by atoms with E-state index in [1.54, 1.807) is 16.8 Å². The van der Waals surface area contributed by atoms with Crippen LogP contribution in [0.3, 0.4) is 0 Å². The van der Waals surface area contributed by atoms with Crippen molar-refractivity contribution in [1.82, 2.24) is 19.7 Å². The Hall–Kier alpha value is -2.96. The Morgan fingerprint density at radius 1 is 1.22 bits per heavy atom. The molecule has 3 heterocycles. The number of pyridine rings is 1. The number of rotatable bonds is 4. The second-order valence-corrected chi connectivity index (χ2v) is 6.83. The molecule has 1 aromatic carbocycles. The van der Waals surface area contributed by atoms with Crippen LogP contribution >= 0.6 is 0 Å². The molecule has 1 aliphatic rings. The zero-order valence-electron chi connectivity index (χ0n) is 15.4. The molecule has 1 saturated heterocycles. The van der Waals surface area contributed by atoms with Gasteiger partial charge in [0.25, 0.3) is 5.91 Å². The molecule has 4 rings (SSSR count).